The van der Waals surface area contributed by atoms with Crippen LogP contribution in [0.3, 0.4) is 0 Å². The smallest absolute Gasteiger partial charge is 0.354 e. The predicted octanol–water partition coefficient (Wildman–Crippen LogP) is 3.03. The lowest BCUT2D eigenvalue weighted by atomic mass is 10.3. The van der Waals surface area contributed by atoms with Gasteiger partial charge in [-0.25, -0.2) is 9.78 Å². The number of pyridine rings is 1. The lowest BCUT2D eigenvalue weighted by molar-refractivity contribution is 0.0690. The van der Waals surface area contributed by atoms with E-state index in [0.29, 0.717) is 9.79 Å². The molecule has 5 nitrogen and oxygen atoms in total. The van der Waals surface area contributed by atoms with Gasteiger partial charge in [0.1, 0.15) is 5.69 Å². The molecular weight excluding hydrogens is 297 g/mol. The van der Waals surface area contributed by atoms with Gasteiger partial charge >= 0.3 is 5.97 Å². The van der Waals surface area contributed by atoms with Crippen molar-refractivity contribution in [3.63, 3.8) is 0 Å². The van der Waals surface area contributed by atoms with E-state index in [2.05, 4.69) is 15.2 Å². The Morgan fingerprint density at radius 2 is 2.06 bits per heavy atom. The topological polar surface area (TPSA) is 76.0 Å². The normalized spacial score (nSPS) is 10.3. The molecule has 0 unspecified atom stereocenters. The van der Waals surface area contributed by atoms with Crippen LogP contribution < -0.4 is 0 Å². The zero-order chi connectivity index (χ0) is 13.1. The van der Waals surface area contributed by atoms with Crippen molar-refractivity contribution in [1.82, 2.24) is 15.2 Å². The summed E-state index contributed by atoms with van der Waals surface area (Å²) in [6.07, 6.45) is 1.41. The summed E-state index contributed by atoms with van der Waals surface area (Å²) in [7, 11) is 0. The number of hydrogen-bond acceptors (Lipinski definition) is 5. The van der Waals surface area contributed by atoms with Crippen molar-refractivity contribution in [2.45, 2.75) is 9.79 Å². The number of rotatable bonds is 3. The molecule has 0 saturated heterocycles. The molecule has 8 heteroatoms. The van der Waals surface area contributed by atoms with Gasteiger partial charge in [-0.15, -0.1) is 10.2 Å². The van der Waals surface area contributed by atoms with Crippen molar-refractivity contribution in [3.8, 4) is 0 Å². The second-order valence-electron chi connectivity index (χ2n) is 3.11. The minimum Gasteiger partial charge on any atom is -0.477 e. The van der Waals surface area contributed by atoms with Crippen LogP contribution in [0.5, 0.6) is 0 Å². The van der Waals surface area contributed by atoms with Gasteiger partial charge in [0.15, 0.2) is 10.3 Å². The van der Waals surface area contributed by atoms with Gasteiger partial charge in [0.2, 0.25) is 0 Å². The fourth-order valence-corrected chi connectivity index (χ4v) is 2.40. The monoisotopic (exact) mass is 301 g/mol. The molecule has 2 aromatic heterocycles. The minimum absolute atomic E-state index is 0.0377. The van der Waals surface area contributed by atoms with Crippen molar-refractivity contribution in [1.29, 1.82) is 0 Å². The number of carboxylic acids is 1. The molecule has 0 bridgehead atoms. The number of aromatic nitrogens is 3. The lowest BCUT2D eigenvalue weighted by Crippen LogP contribution is -1.99. The third-order valence-electron chi connectivity index (χ3n) is 1.87. The maximum absolute atomic E-state index is 10.8. The Labute approximate surface area is 116 Å². The first-order chi connectivity index (χ1) is 8.56. The summed E-state index contributed by atoms with van der Waals surface area (Å²) < 4.78 is 0. The number of halogens is 2. The highest BCUT2D eigenvalue weighted by atomic mass is 35.5. The number of carbonyl (C=O) groups is 1. The molecule has 18 heavy (non-hydrogen) atoms. The number of hydrogen-bond donors (Lipinski definition) is 1. The third kappa shape index (κ3) is 3.10. The molecule has 0 saturated carbocycles. The van der Waals surface area contributed by atoms with E-state index in [4.69, 9.17) is 28.3 Å². The van der Waals surface area contributed by atoms with Crippen LogP contribution in [0.25, 0.3) is 0 Å². The SMILES string of the molecule is O=C(O)c1cc(Sc2cc(Cl)nnc2Cl)ccn1. The van der Waals surface area contributed by atoms with Gasteiger partial charge in [0, 0.05) is 11.1 Å². The van der Waals surface area contributed by atoms with Crippen LogP contribution in [0.15, 0.2) is 34.2 Å². The van der Waals surface area contributed by atoms with E-state index in [0.717, 1.165) is 0 Å². The van der Waals surface area contributed by atoms with Crippen LogP contribution in [-0.2, 0) is 0 Å². The first-order valence-corrected chi connectivity index (χ1v) is 6.19. The number of aromatic carboxylic acids is 1. The van der Waals surface area contributed by atoms with Gasteiger partial charge in [0.25, 0.3) is 0 Å². The zero-order valence-electron chi connectivity index (χ0n) is 8.67. The quantitative estimate of drug-likeness (QED) is 0.939. The summed E-state index contributed by atoms with van der Waals surface area (Å²) >= 11 is 12.8. The van der Waals surface area contributed by atoms with Crippen LogP contribution in [0.2, 0.25) is 10.3 Å². The Morgan fingerprint density at radius 1 is 1.28 bits per heavy atom. The van der Waals surface area contributed by atoms with E-state index < -0.39 is 5.97 Å². The third-order valence-corrected chi connectivity index (χ3v) is 3.46. The average molecular weight is 302 g/mol. The Kier molecular flexibility index (Phi) is 4.00. The Morgan fingerprint density at radius 3 is 2.78 bits per heavy atom. The molecule has 2 aromatic rings. The summed E-state index contributed by atoms with van der Waals surface area (Å²) in [6.45, 7) is 0. The minimum atomic E-state index is -1.09. The van der Waals surface area contributed by atoms with Crippen molar-refractivity contribution >= 4 is 40.9 Å². The summed E-state index contributed by atoms with van der Waals surface area (Å²) in [6, 6.07) is 4.67. The Bertz CT molecular complexity index is 609. The second kappa shape index (κ2) is 5.51. The molecule has 0 aliphatic rings. The molecule has 0 amide bonds. The van der Waals surface area contributed by atoms with Gasteiger partial charge in [-0.05, 0) is 18.2 Å². The van der Waals surface area contributed by atoms with E-state index in [9.17, 15) is 4.79 Å². The second-order valence-corrected chi connectivity index (χ2v) is 4.97. The fourth-order valence-electron chi connectivity index (χ4n) is 1.13. The van der Waals surface area contributed by atoms with Crippen LogP contribution in [0.4, 0.5) is 0 Å². The van der Waals surface area contributed by atoms with Gasteiger partial charge in [-0.1, -0.05) is 35.0 Å². The standard InChI is InChI=1S/C10H5Cl2N3O2S/c11-8-4-7(9(12)15-14-8)18-5-1-2-13-6(3-5)10(16)17/h1-4H,(H,16,17). The summed E-state index contributed by atoms with van der Waals surface area (Å²) in [5.41, 5.74) is -0.0377. The molecule has 1 N–H and O–H groups in total. The van der Waals surface area contributed by atoms with E-state index in [1.807, 2.05) is 0 Å². The van der Waals surface area contributed by atoms with Crippen molar-refractivity contribution < 1.29 is 9.90 Å². The molecule has 0 atom stereocenters. The maximum Gasteiger partial charge on any atom is 0.354 e. The highest BCUT2D eigenvalue weighted by Crippen LogP contribution is 2.32. The van der Waals surface area contributed by atoms with E-state index >= 15 is 0 Å². The number of carboxylic acid groups (broad SMARTS) is 1. The molecule has 0 fully saturated rings. The van der Waals surface area contributed by atoms with Crippen molar-refractivity contribution in [2.75, 3.05) is 0 Å². The molecule has 0 aliphatic heterocycles. The fraction of sp³-hybridized carbons (Fsp3) is 0. The molecule has 0 spiro atoms. The number of nitrogens with zero attached hydrogens (tertiary/aromatic N) is 3. The lowest BCUT2D eigenvalue weighted by Gasteiger charge is -2.03. The highest BCUT2D eigenvalue weighted by molar-refractivity contribution is 7.99. The molecule has 2 heterocycles. The van der Waals surface area contributed by atoms with Gasteiger partial charge in [-0.2, -0.15) is 0 Å². The van der Waals surface area contributed by atoms with Crippen LogP contribution in [0.1, 0.15) is 10.5 Å². The van der Waals surface area contributed by atoms with Crippen molar-refractivity contribution in [3.05, 3.63) is 40.4 Å². The molecule has 0 aliphatic carbocycles. The van der Waals surface area contributed by atoms with E-state index in [-0.39, 0.29) is 16.0 Å². The zero-order valence-corrected chi connectivity index (χ0v) is 11.0. The maximum atomic E-state index is 10.8. The summed E-state index contributed by atoms with van der Waals surface area (Å²) in [4.78, 5) is 15.8. The van der Waals surface area contributed by atoms with Gasteiger partial charge in [0.05, 0.1) is 4.90 Å². The molecule has 2 rings (SSSR count). The molecule has 0 radical (unpaired) electrons. The van der Waals surface area contributed by atoms with E-state index in [1.54, 1.807) is 12.1 Å². The van der Waals surface area contributed by atoms with Gasteiger partial charge in [-0.3, -0.25) is 0 Å². The molecule has 0 aromatic carbocycles. The van der Waals surface area contributed by atoms with Crippen LogP contribution in [0, 0.1) is 0 Å². The van der Waals surface area contributed by atoms with Gasteiger partial charge < -0.3 is 5.11 Å². The first kappa shape index (κ1) is 13.1. The molecular formula is C10H5Cl2N3O2S. The summed E-state index contributed by atoms with van der Waals surface area (Å²) in [5.74, 6) is -1.09. The Hall–Kier alpha value is -1.37. The van der Waals surface area contributed by atoms with Crippen LogP contribution >= 0.6 is 35.0 Å². The Balaban J connectivity index is 2.31. The highest BCUT2D eigenvalue weighted by Gasteiger charge is 2.09. The van der Waals surface area contributed by atoms with E-state index in [1.165, 1.54) is 24.0 Å². The van der Waals surface area contributed by atoms with Crippen LogP contribution in [-0.4, -0.2) is 26.3 Å². The predicted molar refractivity (Wildman–Crippen MR) is 67.4 cm³/mol. The molecule has 92 valence electrons. The average Bonchev–Trinajstić information content (AvgIpc) is 2.34. The summed E-state index contributed by atoms with van der Waals surface area (Å²) in [5, 5.41) is 16.5. The van der Waals surface area contributed by atoms with Crippen molar-refractivity contribution in [2.24, 2.45) is 0 Å². The largest absolute Gasteiger partial charge is 0.477 e. The first-order valence-electron chi connectivity index (χ1n) is 4.62.